The summed E-state index contributed by atoms with van der Waals surface area (Å²) in [5.74, 6) is 0.112. The molecule has 1 aromatic carbocycles. The van der Waals surface area contributed by atoms with Crippen LogP contribution in [0.3, 0.4) is 0 Å². The minimum Gasteiger partial charge on any atom is -0.378 e. The Kier molecular flexibility index (Phi) is 5.92. The number of carbonyl (C=O) groups excluding carboxylic acids is 1. The minimum absolute atomic E-state index is 0.263. The van der Waals surface area contributed by atoms with E-state index in [9.17, 15) is 4.79 Å². The monoisotopic (exact) mass is 390 g/mol. The highest BCUT2D eigenvalue weighted by Gasteiger charge is 2.15. The molecular formula is C21H22N6O2. The van der Waals surface area contributed by atoms with Crippen LogP contribution < -0.4 is 15.5 Å². The number of hydrogen-bond acceptors (Lipinski definition) is 7. The van der Waals surface area contributed by atoms with E-state index in [1.54, 1.807) is 24.7 Å². The molecule has 2 N–H and O–H groups in total. The number of aromatic nitrogens is 3. The molecular weight excluding hydrogens is 368 g/mol. The molecule has 1 amide bonds. The molecule has 29 heavy (non-hydrogen) atoms. The van der Waals surface area contributed by atoms with Crippen LogP contribution in [0.2, 0.25) is 0 Å². The molecule has 4 rings (SSSR count). The van der Waals surface area contributed by atoms with Gasteiger partial charge < -0.3 is 20.3 Å². The van der Waals surface area contributed by atoms with E-state index in [1.807, 2.05) is 30.3 Å². The number of amides is 1. The van der Waals surface area contributed by atoms with Gasteiger partial charge >= 0.3 is 0 Å². The van der Waals surface area contributed by atoms with E-state index in [2.05, 4.69) is 36.6 Å². The van der Waals surface area contributed by atoms with E-state index >= 15 is 0 Å². The Labute approximate surface area is 169 Å². The Bertz CT molecular complexity index is 960. The quantitative estimate of drug-likeness (QED) is 0.668. The molecule has 148 valence electrons. The molecule has 1 aliphatic heterocycles. The number of ether oxygens (including phenoxy) is 1. The maximum atomic E-state index is 12.5. The molecule has 8 heteroatoms. The zero-order valence-electron chi connectivity index (χ0n) is 15.9. The summed E-state index contributed by atoms with van der Waals surface area (Å²) in [5, 5.41) is 6.09. The second-order valence-electron chi connectivity index (χ2n) is 6.55. The summed E-state index contributed by atoms with van der Waals surface area (Å²) in [6, 6.07) is 13.3. The Morgan fingerprint density at radius 2 is 1.93 bits per heavy atom. The predicted octanol–water partition coefficient (Wildman–Crippen LogP) is 2.38. The summed E-state index contributed by atoms with van der Waals surface area (Å²) in [6.07, 6.45) is 4.99. The Hall–Kier alpha value is -3.52. The molecule has 0 bridgehead atoms. The number of hydrogen-bond donors (Lipinski definition) is 2. The smallest absolute Gasteiger partial charge is 0.270 e. The molecule has 1 aliphatic rings. The molecule has 0 radical (unpaired) electrons. The van der Waals surface area contributed by atoms with Crippen LogP contribution in [0.25, 0.3) is 0 Å². The predicted molar refractivity (Wildman–Crippen MR) is 110 cm³/mol. The highest BCUT2D eigenvalue weighted by molar-refractivity contribution is 5.92. The van der Waals surface area contributed by atoms with Crippen molar-refractivity contribution in [2.75, 3.05) is 36.5 Å². The van der Waals surface area contributed by atoms with Gasteiger partial charge in [-0.05, 0) is 29.8 Å². The molecule has 1 fully saturated rings. The standard InChI is InChI=1S/C21H22N6O2/c28-20(24-15-16-4-3-8-22-14-16)18-7-9-23-21(26-18)25-17-5-1-2-6-19(17)27-10-12-29-13-11-27/h1-9,14H,10-13,15H2,(H,24,28)(H,23,25,26). The van der Waals surface area contributed by atoms with Crippen LogP contribution in [0.15, 0.2) is 61.1 Å². The van der Waals surface area contributed by atoms with Crippen molar-refractivity contribution in [3.8, 4) is 0 Å². The lowest BCUT2D eigenvalue weighted by Gasteiger charge is -2.30. The second kappa shape index (κ2) is 9.11. The number of para-hydroxylation sites is 2. The first kappa shape index (κ1) is 18.8. The molecule has 2 aromatic heterocycles. The van der Waals surface area contributed by atoms with Crippen LogP contribution in [0, 0.1) is 0 Å². The van der Waals surface area contributed by atoms with Gasteiger partial charge in [0.15, 0.2) is 0 Å². The molecule has 1 saturated heterocycles. The van der Waals surface area contributed by atoms with Crippen LogP contribution in [-0.2, 0) is 11.3 Å². The summed E-state index contributed by atoms with van der Waals surface area (Å²) in [5.41, 5.74) is 3.18. The lowest BCUT2D eigenvalue weighted by atomic mass is 10.2. The normalized spacial score (nSPS) is 13.7. The minimum atomic E-state index is -0.263. The number of nitrogens with zero attached hydrogens (tertiary/aromatic N) is 4. The Balaban J connectivity index is 1.46. The van der Waals surface area contributed by atoms with E-state index < -0.39 is 0 Å². The molecule has 0 spiro atoms. The van der Waals surface area contributed by atoms with Gasteiger partial charge in [-0.3, -0.25) is 9.78 Å². The summed E-state index contributed by atoms with van der Waals surface area (Å²) in [4.78, 5) is 27.4. The molecule has 0 saturated carbocycles. The average molecular weight is 390 g/mol. The van der Waals surface area contributed by atoms with Crippen LogP contribution >= 0.6 is 0 Å². The van der Waals surface area contributed by atoms with Gasteiger partial charge in [0.05, 0.1) is 24.6 Å². The van der Waals surface area contributed by atoms with E-state index in [0.29, 0.717) is 31.4 Å². The van der Waals surface area contributed by atoms with Gasteiger partial charge in [0.1, 0.15) is 5.69 Å². The topological polar surface area (TPSA) is 92.3 Å². The van der Waals surface area contributed by atoms with Crippen molar-refractivity contribution in [1.82, 2.24) is 20.3 Å². The van der Waals surface area contributed by atoms with Gasteiger partial charge in [-0.25, -0.2) is 9.97 Å². The van der Waals surface area contributed by atoms with Gasteiger partial charge in [-0.15, -0.1) is 0 Å². The average Bonchev–Trinajstić information content (AvgIpc) is 2.79. The molecule has 0 atom stereocenters. The van der Waals surface area contributed by atoms with E-state index in [0.717, 1.165) is 30.0 Å². The number of morpholine rings is 1. The summed E-state index contributed by atoms with van der Waals surface area (Å²) in [7, 11) is 0. The van der Waals surface area contributed by atoms with Gasteiger partial charge in [-0.2, -0.15) is 0 Å². The number of rotatable bonds is 6. The molecule has 0 aliphatic carbocycles. The number of carbonyl (C=O) groups is 1. The zero-order valence-corrected chi connectivity index (χ0v) is 15.9. The maximum Gasteiger partial charge on any atom is 0.270 e. The fraction of sp³-hybridized carbons (Fsp3) is 0.238. The molecule has 3 heterocycles. The first-order chi connectivity index (χ1) is 14.3. The Morgan fingerprint density at radius 3 is 2.76 bits per heavy atom. The van der Waals surface area contributed by atoms with Crippen molar-refractivity contribution in [2.24, 2.45) is 0 Å². The number of nitrogens with one attached hydrogen (secondary N) is 2. The summed E-state index contributed by atoms with van der Waals surface area (Å²) in [6.45, 7) is 3.46. The fourth-order valence-corrected chi connectivity index (χ4v) is 3.10. The molecule has 0 unspecified atom stereocenters. The van der Waals surface area contributed by atoms with E-state index in [-0.39, 0.29) is 5.91 Å². The maximum absolute atomic E-state index is 12.5. The summed E-state index contributed by atoms with van der Waals surface area (Å²) < 4.78 is 5.44. The van der Waals surface area contributed by atoms with E-state index in [1.165, 1.54) is 0 Å². The van der Waals surface area contributed by atoms with Crippen molar-refractivity contribution in [1.29, 1.82) is 0 Å². The summed E-state index contributed by atoms with van der Waals surface area (Å²) >= 11 is 0. The van der Waals surface area contributed by atoms with Crippen molar-refractivity contribution in [2.45, 2.75) is 6.54 Å². The first-order valence-electron chi connectivity index (χ1n) is 9.48. The third-order valence-corrected chi connectivity index (χ3v) is 4.57. The van der Waals surface area contributed by atoms with Crippen LogP contribution in [-0.4, -0.2) is 47.2 Å². The highest BCUT2D eigenvalue weighted by atomic mass is 16.5. The third kappa shape index (κ3) is 4.85. The van der Waals surface area contributed by atoms with Gasteiger partial charge in [-0.1, -0.05) is 18.2 Å². The van der Waals surface area contributed by atoms with Crippen molar-refractivity contribution >= 4 is 23.2 Å². The van der Waals surface area contributed by atoms with Gasteiger partial charge in [0.2, 0.25) is 5.95 Å². The highest BCUT2D eigenvalue weighted by Crippen LogP contribution is 2.28. The van der Waals surface area contributed by atoms with E-state index in [4.69, 9.17) is 4.74 Å². The Morgan fingerprint density at radius 1 is 1.07 bits per heavy atom. The zero-order chi connectivity index (χ0) is 19.9. The third-order valence-electron chi connectivity index (χ3n) is 4.57. The number of pyridine rings is 1. The lowest BCUT2D eigenvalue weighted by Crippen LogP contribution is -2.36. The van der Waals surface area contributed by atoms with Gasteiger partial charge in [0, 0.05) is 38.2 Å². The van der Waals surface area contributed by atoms with Crippen LogP contribution in [0.1, 0.15) is 16.1 Å². The van der Waals surface area contributed by atoms with Crippen molar-refractivity contribution < 1.29 is 9.53 Å². The first-order valence-corrected chi connectivity index (χ1v) is 9.48. The van der Waals surface area contributed by atoms with Crippen LogP contribution in [0.4, 0.5) is 17.3 Å². The van der Waals surface area contributed by atoms with Crippen molar-refractivity contribution in [3.63, 3.8) is 0 Å². The molecule has 3 aromatic rings. The van der Waals surface area contributed by atoms with Gasteiger partial charge in [0.25, 0.3) is 5.91 Å². The largest absolute Gasteiger partial charge is 0.378 e. The second-order valence-corrected chi connectivity index (χ2v) is 6.55. The lowest BCUT2D eigenvalue weighted by molar-refractivity contribution is 0.0946. The molecule has 8 nitrogen and oxygen atoms in total. The van der Waals surface area contributed by atoms with Crippen molar-refractivity contribution in [3.05, 3.63) is 72.3 Å². The van der Waals surface area contributed by atoms with Crippen LogP contribution in [0.5, 0.6) is 0 Å². The fourth-order valence-electron chi connectivity index (χ4n) is 3.10. The number of benzene rings is 1. The number of anilines is 3. The SMILES string of the molecule is O=C(NCc1cccnc1)c1ccnc(Nc2ccccc2N2CCOCC2)n1.